The summed E-state index contributed by atoms with van der Waals surface area (Å²) < 4.78 is 3.65. The maximum absolute atomic E-state index is 13.4. The van der Waals surface area contributed by atoms with Gasteiger partial charge >= 0.3 is 0 Å². The standard InChI is InChI=1S/C25H24N4O2S3/c1-6-15-21-13(4)14(5)22-26-24-17(8-12(3)33-24)29(22)20(31)10-32-18(21)9-19(30)28-16-7-11(2)34-25(16)27-23(15)28/h6-8,18-19,21,30H,4-5,9-10H2,1-3H3/b15-6+. The Balaban J connectivity index is 1.53. The van der Waals surface area contributed by atoms with Crippen molar-refractivity contribution >= 4 is 72.2 Å². The molecule has 0 aromatic carbocycles. The summed E-state index contributed by atoms with van der Waals surface area (Å²) in [6, 6.07) is 4.10. The van der Waals surface area contributed by atoms with Gasteiger partial charge in [0.2, 0.25) is 5.91 Å². The lowest BCUT2D eigenvalue weighted by Gasteiger charge is -2.28. The number of aliphatic hydroxyl groups is 1. The quantitative estimate of drug-likeness (QED) is 0.312. The lowest BCUT2D eigenvalue weighted by atomic mass is 9.83. The van der Waals surface area contributed by atoms with Crippen LogP contribution < -0.4 is 0 Å². The second-order valence-electron chi connectivity index (χ2n) is 8.86. The fourth-order valence-electron chi connectivity index (χ4n) is 5.20. The van der Waals surface area contributed by atoms with Crippen LogP contribution in [0.15, 0.2) is 36.9 Å². The van der Waals surface area contributed by atoms with E-state index in [1.54, 1.807) is 39.0 Å². The van der Waals surface area contributed by atoms with E-state index in [1.165, 1.54) is 0 Å². The van der Waals surface area contributed by atoms with Crippen molar-refractivity contribution in [2.45, 2.75) is 38.7 Å². The summed E-state index contributed by atoms with van der Waals surface area (Å²) in [7, 11) is 0. The van der Waals surface area contributed by atoms with E-state index in [0.29, 0.717) is 17.8 Å². The Morgan fingerprint density at radius 2 is 1.74 bits per heavy atom. The van der Waals surface area contributed by atoms with Crippen LogP contribution in [-0.4, -0.2) is 41.1 Å². The van der Waals surface area contributed by atoms with Gasteiger partial charge in [-0.15, -0.1) is 34.4 Å². The number of imidazole rings is 2. The minimum absolute atomic E-state index is 0.0238. The molecule has 34 heavy (non-hydrogen) atoms. The SMILES string of the molecule is C=C1C(=C)C2/C(=C\C)c3nc4sc(C)cc4n3C(O)CC2SCC(=O)n2c1nc1sc(C)cc12. The zero-order chi connectivity index (χ0) is 23.9. The highest BCUT2D eigenvalue weighted by molar-refractivity contribution is 8.00. The van der Waals surface area contributed by atoms with E-state index in [4.69, 9.17) is 9.97 Å². The normalized spacial score (nSPS) is 24.6. The largest absolute Gasteiger partial charge is 0.373 e. The van der Waals surface area contributed by atoms with Crippen LogP contribution >= 0.6 is 34.4 Å². The lowest BCUT2D eigenvalue weighted by Crippen LogP contribution is -2.22. The Hall–Kier alpha value is -2.46. The zero-order valence-electron chi connectivity index (χ0n) is 19.2. The number of carbonyl (C=O) groups excluding carboxylic acids is 1. The first-order valence-corrected chi connectivity index (χ1v) is 13.8. The van der Waals surface area contributed by atoms with Crippen LogP contribution in [0, 0.1) is 19.8 Å². The highest BCUT2D eigenvalue weighted by Crippen LogP contribution is 2.48. The highest BCUT2D eigenvalue weighted by Gasteiger charge is 2.40. The number of hydrogen-bond donors (Lipinski definition) is 1. The number of aromatic nitrogens is 4. The van der Waals surface area contributed by atoms with Gasteiger partial charge < -0.3 is 5.11 Å². The molecule has 1 N–H and O–H groups in total. The molecule has 174 valence electrons. The van der Waals surface area contributed by atoms with Crippen LogP contribution in [-0.2, 0) is 0 Å². The number of thiophene rings is 2. The van der Waals surface area contributed by atoms with Crippen LogP contribution in [0.25, 0.3) is 31.8 Å². The van der Waals surface area contributed by atoms with Gasteiger partial charge in [0, 0.05) is 32.9 Å². The molecule has 0 bridgehead atoms. The Labute approximate surface area is 209 Å². The molecular weight excluding hydrogens is 485 g/mol. The minimum atomic E-state index is -0.744. The lowest BCUT2D eigenvalue weighted by molar-refractivity contribution is 0.0940. The van der Waals surface area contributed by atoms with Gasteiger partial charge in [-0.1, -0.05) is 19.2 Å². The Bertz CT molecular complexity index is 1560. The third-order valence-electron chi connectivity index (χ3n) is 6.71. The third kappa shape index (κ3) is 3.07. The molecule has 0 saturated carbocycles. The number of aryl methyl sites for hydroxylation is 2. The predicted octanol–water partition coefficient (Wildman–Crippen LogP) is 6.07. The summed E-state index contributed by atoms with van der Waals surface area (Å²) in [5.41, 5.74) is 4.27. The van der Waals surface area contributed by atoms with Gasteiger partial charge in [-0.25, -0.2) is 9.97 Å². The summed E-state index contributed by atoms with van der Waals surface area (Å²) in [5, 5.41) is 11.3. The first-order valence-electron chi connectivity index (χ1n) is 11.1. The molecule has 6 heterocycles. The molecule has 3 atom stereocenters. The van der Waals surface area contributed by atoms with Crippen molar-refractivity contribution in [3.05, 3.63) is 58.3 Å². The molecule has 0 amide bonds. The Morgan fingerprint density at radius 1 is 1.09 bits per heavy atom. The molecule has 3 unspecified atom stereocenters. The van der Waals surface area contributed by atoms with Gasteiger partial charge in [0.1, 0.15) is 27.5 Å². The second kappa shape index (κ2) is 7.78. The molecule has 9 heteroatoms. The van der Waals surface area contributed by atoms with Crippen LogP contribution in [0.2, 0.25) is 0 Å². The van der Waals surface area contributed by atoms with Crippen molar-refractivity contribution in [3.8, 4) is 0 Å². The van der Waals surface area contributed by atoms with E-state index in [9.17, 15) is 9.90 Å². The monoisotopic (exact) mass is 508 g/mol. The summed E-state index contributed by atoms with van der Waals surface area (Å²) in [6.45, 7) is 14.9. The zero-order valence-corrected chi connectivity index (χ0v) is 21.6. The van der Waals surface area contributed by atoms with Crippen LogP contribution in [0.5, 0.6) is 0 Å². The summed E-state index contributed by atoms with van der Waals surface area (Å²) in [5.74, 6) is 1.45. The molecule has 2 aliphatic heterocycles. The van der Waals surface area contributed by atoms with E-state index >= 15 is 0 Å². The van der Waals surface area contributed by atoms with Crippen LogP contribution in [0.4, 0.5) is 0 Å². The predicted molar refractivity (Wildman–Crippen MR) is 143 cm³/mol. The molecule has 4 aromatic rings. The van der Waals surface area contributed by atoms with Gasteiger partial charge in [0.15, 0.2) is 0 Å². The summed E-state index contributed by atoms with van der Waals surface area (Å²) in [6.07, 6.45) is 1.80. The van der Waals surface area contributed by atoms with Crippen LogP contribution in [0.3, 0.4) is 0 Å². The fourth-order valence-corrected chi connectivity index (χ4v) is 8.23. The van der Waals surface area contributed by atoms with E-state index < -0.39 is 6.23 Å². The third-order valence-corrected chi connectivity index (χ3v) is 9.88. The molecule has 6 nitrogen and oxygen atoms in total. The first kappa shape index (κ1) is 22.0. The van der Waals surface area contributed by atoms with E-state index in [0.717, 1.165) is 47.4 Å². The van der Waals surface area contributed by atoms with Crippen LogP contribution in [0.1, 0.15) is 45.8 Å². The summed E-state index contributed by atoms with van der Waals surface area (Å²) in [4.78, 5) is 27.2. The maximum Gasteiger partial charge on any atom is 0.242 e. The molecule has 0 spiro atoms. The topological polar surface area (TPSA) is 72.9 Å². The molecule has 2 aliphatic rings. The number of carbonyl (C=O) groups is 1. The number of fused-ring (bicyclic) bond motifs is 7. The second-order valence-corrected chi connectivity index (χ2v) is 12.6. The molecule has 0 aliphatic carbocycles. The Morgan fingerprint density at radius 3 is 2.44 bits per heavy atom. The number of hydrogen-bond acceptors (Lipinski definition) is 7. The molecular formula is C25H24N4O2S3. The van der Waals surface area contributed by atoms with Crippen molar-refractivity contribution in [3.63, 3.8) is 0 Å². The molecule has 4 aromatic heterocycles. The first-order chi connectivity index (χ1) is 16.3. The van der Waals surface area contributed by atoms with Gasteiger partial charge in [0.25, 0.3) is 0 Å². The van der Waals surface area contributed by atoms with Crippen molar-refractivity contribution < 1.29 is 9.90 Å². The smallest absolute Gasteiger partial charge is 0.242 e. The number of allylic oxidation sites excluding steroid dienone is 4. The van der Waals surface area contributed by atoms with Crippen molar-refractivity contribution in [2.75, 3.05) is 5.75 Å². The molecule has 0 radical (unpaired) electrons. The highest BCUT2D eigenvalue weighted by atomic mass is 32.2. The average Bonchev–Trinajstić information content (AvgIpc) is 3.49. The maximum atomic E-state index is 13.4. The molecule has 0 fully saturated rings. The van der Waals surface area contributed by atoms with E-state index in [1.807, 2.05) is 24.5 Å². The van der Waals surface area contributed by atoms with Gasteiger partial charge in [-0.2, -0.15) is 0 Å². The summed E-state index contributed by atoms with van der Waals surface area (Å²) >= 11 is 4.79. The van der Waals surface area contributed by atoms with Gasteiger partial charge in [-0.05, 0) is 44.1 Å². The van der Waals surface area contributed by atoms with E-state index in [-0.39, 0.29) is 22.8 Å². The van der Waals surface area contributed by atoms with Gasteiger partial charge in [-0.3, -0.25) is 13.9 Å². The van der Waals surface area contributed by atoms with E-state index in [2.05, 4.69) is 32.2 Å². The minimum Gasteiger partial charge on any atom is -0.373 e. The number of thioether (sulfide) groups is 1. The van der Waals surface area contributed by atoms with Crippen molar-refractivity contribution in [1.82, 2.24) is 19.1 Å². The van der Waals surface area contributed by atoms with Crippen molar-refractivity contribution in [2.24, 2.45) is 5.92 Å². The number of nitrogens with zero attached hydrogens (tertiary/aromatic N) is 4. The number of aliphatic hydroxyl groups excluding tert-OH is 1. The Kier molecular flexibility index (Phi) is 5.04. The fraction of sp³-hybridized carbons (Fsp3) is 0.320. The molecule has 0 saturated heterocycles. The number of rotatable bonds is 0. The van der Waals surface area contributed by atoms with Gasteiger partial charge in [0.05, 0.1) is 16.8 Å². The van der Waals surface area contributed by atoms with Crippen molar-refractivity contribution in [1.29, 1.82) is 0 Å². The molecule has 6 rings (SSSR count). The average molecular weight is 509 g/mol.